The molecule has 5 atom stereocenters. The number of nitrogens with one attached hydrogen (secondary N) is 1. The van der Waals surface area contributed by atoms with Crippen molar-refractivity contribution < 1.29 is 4.39 Å². The van der Waals surface area contributed by atoms with Gasteiger partial charge < -0.3 is 5.32 Å². The molecule has 1 N–H and O–H groups in total. The van der Waals surface area contributed by atoms with Crippen molar-refractivity contribution in [3.8, 4) is 0 Å². The monoisotopic (exact) mass is 261 g/mol. The number of benzene rings is 1. The van der Waals surface area contributed by atoms with Gasteiger partial charge in [0.25, 0.3) is 0 Å². The zero-order chi connectivity index (χ0) is 13.4. The average Bonchev–Trinajstić information content (AvgIpc) is 3.00. The summed E-state index contributed by atoms with van der Waals surface area (Å²) in [6.45, 7) is 4.44. The van der Waals surface area contributed by atoms with Crippen molar-refractivity contribution in [2.45, 2.75) is 51.6 Å². The lowest BCUT2D eigenvalue weighted by atomic mass is 9.83. The lowest BCUT2D eigenvalue weighted by molar-refractivity contribution is 0.248. The minimum absolute atomic E-state index is 0.140. The molecule has 0 aliphatic heterocycles. The predicted molar refractivity (Wildman–Crippen MR) is 76.4 cm³/mol. The number of hydrogen-bond donors (Lipinski definition) is 1. The van der Waals surface area contributed by atoms with E-state index in [1.165, 1.54) is 31.7 Å². The van der Waals surface area contributed by atoms with Gasteiger partial charge in [-0.25, -0.2) is 4.39 Å². The summed E-state index contributed by atoms with van der Waals surface area (Å²) in [4.78, 5) is 0. The van der Waals surface area contributed by atoms with Gasteiger partial charge in [0, 0.05) is 12.1 Å². The molecule has 2 aliphatic carbocycles. The van der Waals surface area contributed by atoms with Crippen LogP contribution in [0.5, 0.6) is 0 Å². The SMILES string of the molecule is CC(NC(C)C1CC2CCC1C2)c1cccc(F)c1. The van der Waals surface area contributed by atoms with E-state index in [4.69, 9.17) is 0 Å². The first-order valence-corrected chi connectivity index (χ1v) is 7.65. The maximum atomic E-state index is 13.3. The summed E-state index contributed by atoms with van der Waals surface area (Å²) in [6, 6.07) is 7.72. The topological polar surface area (TPSA) is 12.0 Å². The van der Waals surface area contributed by atoms with Crippen LogP contribution in [0, 0.1) is 23.6 Å². The predicted octanol–water partition coefficient (Wildman–Crippen LogP) is 4.30. The molecule has 19 heavy (non-hydrogen) atoms. The van der Waals surface area contributed by atoms with Gasteiger partial charge in [0.15, 0.2) is 0 Å². The quantitative estimate of drug-likeness (QED) is 0.852. The van der Waals surface area contributed by atoms with E-state index in [2.05, 4.69) is 19.2 Å². The Morgan fingerprint density at radius 1 is 1.21 bits per heavy atom. The van der Waals surface area contributed by atoms with E-state index in [0.717, 1.165) is 23.3 Å². The Balaban J connectivity index is 1.61. The van der Waals surface area contributed by atoms with E-state index < -0.39 is 0 Å². The number of rotatable bonds is 4. The smallest absolute Gasteiger partial charge is 0.123 e. The molecule has 0 amide bonds. The molecule has 0 spiro atoms. The van der Waals surface area contributed by atoms with E-state index in [1.54, 1.807) is 12.1 Å². The molecule has 1 aromatic rings. The molecule has 1 nitrogen and oxygen atoms in total. The molecule has 104 valence electrons. The summed E-state index contributed by atoms with van der Waals surface area (Å²) in [5.41, 5.74) is 1.05. The molecule has 0 radical (unpaired) electrons. The van der Waals surface area contributed by atoms with Gasteiger partial charge in [-0.15, -0.1) is 0 Å². The molecule has 2 bridgehead atoms. The van der Waals surface area contributed by atoms with E-state index >= 15 is 0 Å². The molecule has 5 unspecified atom stereocenters. The highest BCUT2D eigenvalue weighted by Crippen LogP contribution is 2.49. The fourth-order valence-corrected chi connectivity index (χ4v) is 4.30. The van der Waals surface area contributed by atoms with Crippen molar-refractivity contribution in [3.63, 3.8) is 0 Å². The zero-order valence-corrected chi connectivity index (χ0v) is 11.9. The molecule has 3 rings (SSSR count). The lowest BCUT2D eigenvalue weighted by Crippen LogP contribution is -2.37. The number of halogens is 1. The maximum Gasteiger partial charge on any atom is 0.123 e. The maximum absolute atomic E-state index is 13.3. The van der Waals surface area contributed by atoms with E-state index in [1.807, 2.05) is 6.07 Å². The van der Waals surface area contributed by atoms with Crippen molar-refractivity contribution in [1.29, 1.82) is 0 Å². The van der Waals surface area contributed by atoms with Gasteiger partial charge in [-0.3, -0.25) is 0 Å². The molecule has 2 saturated carbocycles. The fourth-order valence-electron chi connectivity index (χ4n) is 4.30. The Morgan fingerprint density at radius 3 is 2.68 bits per heavy atom. The minimum Gasteiger partial charge on any atom is -0.307 e. The van der Waals surface area contributed by atoms with Crippen LogP contribution < -0.4 is 5.32 Å². The second-order valence-corrected chi connectivity index (χ2v) is 6.57. The molecule has 2 heteroatoms. The molecule has 0 aromatic heterocycles. The van der Waals surface area contributed by atoms with E-state index in [0.29, 0.717) is 6.04 Å². The van der Waals surface area contributed by atoms with Crippen molar-refractivity contribution in [2.75, 3.05) is 0 Å². The lowest BCUT2D eigenvalue weighted by Gasteiger charge is -2.31. The fraction of sp³-hybridized carbons (Fsp3) is 0.647. The summed E-state index contributed by atoms with van der Waals surface area (Å²) in [7, 11) is 0. The van der Waals surface area contributed by atoms with Crippen LogP contribution in [0.1, 0.15) is 51.1 Å². The number of hydrogen-bond acceptors (Lipinski definition) is 1. The summed E-state index contributed by atoms with van der Waals surface area (Å²) >= 11 is 0. The highest BCUT2D eigenvalue weighted by molar-refractivity contribution is 5.19. The van der Waals surface area contributed by atoms with Crippen LogP contribution in [-0.2, 0) is 0 Å². The summed E-state index contributed by atoms with van der Waals surface area (Å²) in [6.07, 6.45) is 5.72. The first kappa shape index (κ1) is 13.1. The molecule has 0 saturated heterocycles. The summed E-state index contributed by atoms with van der Waals surface area (Å²) in [5.74, 6) is 2.62. The minimum atomic E-state index is -0.140. The second-order valence-electron chi connectivity index (χ2n) is 6.57. The van der Waals surface area contributed by atoms with Crippen LogP contribution in [0.15, 0.2) is 24.3 Å². The van der Waals surface area contributed by atoms with E-state index in [9.17, 15) is 4.39 Å². The number of fused-ring (bicyclic) bond motifs is 2. The van der Waals surface area contributed by atoms with Gasteiger partial charge in [-0.1, -0.05) is 18.6 Å². The molecular weight excluding hydrogens is 237 g/mol. The molecule has 2 aliphatic rings. The van der Waals surface area contributed by atoms with Crippen molar-refractivity contribution in [2.24, 2.45) is 17.8 Å². The van der Waals surface area contributed by atoms with Gasteiger partial charge in [0.2, 0.25) is 0 Å². The Labute approximate surface area is 115 Å². The first-order chi connectivity index (χ1) is 9.13. The van der Waals surface area contributed by atoms with Crippen LogP contribution >= 0.6 is 0 Å². The van der Waals surface area contributed by atoms with Crippen LogP contribution in [0.4, 0.5) is 4.39 Å². The van der Waals surface area contributed by atoms with Crippen LogP contribution in [-0.4, -0.2) is 6.04 Å². The second kappa shape index (κ2) is 5.24. The average molecular weight is 261 g/mol. The van der Waals surface area contributed by atoms with Gasteiger partial charge in [0.05, 0.1) is 0 Å². The van der Waals surface area contributed by atoms with Crippen LogP contribution in [0.25, 0.3) is 0 Å². The Kier molecular flexibility index (Phi) is 3.62. The van der Waals surface area contributed by atoms with Gasteiger partial charge in [-0.2, -0.15) is 0 Å². The van der Waals surface area contributed by atoms with Crippen molar-refractivity contribution >= 4 is 0 Å². The third-order valence-electron chi connectivity index (χ3n) is 5.30. The van der Waals surface area contributed by atoms with Gasteiger partial charge >= 0.3 is 0 Å². The van der Waals surface area contributed by atoms with Gasteiger partial charge in [-0.05, 0) is 68.6 Å². The Hall–Kier alpha value is -0.890. The van der Waals surface area contributed by atoms with Crippen LogP contribution in [0.3, 0.4) is 0 Å². The van der Waals surface area contributed by atoms with Gasteiger partial charge in [0.1, 0.15) is 5.82 Å². The summed E-state index contributed by atoms with van der Waals surface area (Å²) < 4.78 is 13.3. The highest BCUT2D eigenvalue weighted by atomic mass is 19.1. The van der Waals surface area contributed by atoms with Crippen molar-refractivity contribution in [3.05, 3.63) is 35.6 Å². The largest absolute Gasteiger partial charge is 0.307 e. The first-order valence-electron chi connectivity index (χ1n) is 7.65. The Morgan fingerprint density at radius 2 is 2.05 bits per heavy atom. The normalized spacial score (nSPS) is 32.5. The van der Waals surface area contributed by atoms with E-state index in [-0.39, 0.29) is 11.9 Å². The standard InChI is InChI=1S/C17H24FN/c1-11(14-4-3-5-16(18)10-14)19-12(2)17-9-13-6-7-15(17)8-13/h3-5,10-13,15,17,19H,6-9H2,1-2H3. The molecular formula is C17H24FN. The third-order valence-corrected chi connectivity index (χ3v) is 5.30. The third kappa shape index (κ3) is 2.69. The molecule has 0 heterocycles. The molecule has 2 fully saturated rings. The molecule has 1 aromatic carbocycles. The Bertz CT molecular complexity index is 445. The van der Waals surface area contributed by atoms with Crippen molar-refractivity contribution in [1.82, 2.24) is 5.32 Å². The zero-order valence-electron chi connectivity index (χ0n) is 11.9. The summed E-state index contributed by atoms with van der Waals surface area (Å²) in [5, 5.41) is 3.68. The van der Waals surface area contributed by atoms with Crippen LogP contribution in [0.2, 0.25) is 0 Å². The highest BCUT2D eigenvalue weighted by Gasteiger charge is 2.41.